The molecule has 0 aliphatic carbocycles. The van der Waals surface area contributed by atoms with Crippen LogP contribution in [0.4, 0.5) is 4.39 Å². The topological polar surface area (TPSA) is 38.9 Å². The van der Waals surface area contributed by atoms with Gasteiger partial charge in [-0.2, -0.15) is 0 Å². The van der Waals surface area contributed by atoms with Crippen molar-refractivity contribution in [2.75, 3.05) is 6.54 Å². The number of thiazole rings is 1. The molecule has 2 aromatic rings. The van der Waals surface area contributed by atoms with E-state index in [1.165, 1.54) is 6.07 Å². The van der Waals surface area contributed by atoms with Gasteiger partial charge >= 0.3 is 0 Å². The van der Waals surface area contributed by atoms with Crippen LogP contribution in [0.1, 0.15) is 31.2 Å². The summed E-state index contributed by atoms with van der Waals surface area (Å²) in [6.07, 6.45) is 1.03. The fraction of sp³-hybridized carbons (Fsp3) is 0.462. The molecule has 2 nitrogen and oxygen atoms in total. The molecule has 1 heterocycles. The lowest BCUT2D eigenvalue weighted by Crippen LogP contribution is -2.14. The van der Waals surface area contributed by atoms with E-state index in [0.29, 0.717) is 12.5 Å². The van der Waals surface area contributed by atoms with Crippen molar-refractivity contribution < 1.29 is 4.39 Å². The van der Waals surface area contributed by atoms with Crippen LogP contribution in [0, 0.1) is 11.7 Å². The second-order valence-corrected chi connectivity index (χ2v) is 5.79. The molecule has 2 rings (SSSR count). The van der Waals surface area contributed by atoms with Gasteiger partial charge in [-0.25, -0.2) is 9.37 Å². The molecule has 1 atom stereocenters. The van der Waals surface area contributed by atoms with Crippen LogP contribution in [0.25, 0.3) is 10.2 Å². The van der Waals surface area contributed by atoms with Gasteiger partial charge in [0.1, 0.15) is 5.82 Å². The zero-order valence-corrected chi connectivity index (χ0v) is 10.9. The lowest BCUT2D eigenvalue weighted by atomic mass is 9.98. The maximum atomic E-state index is 13.1. The maximum Gasteiger partial charge on any atom is 0.124 e. The lowest BCUT2D eigenvalue weighted by Gasteiger charge is -2.13. The smallest absolute Gasteiger partial charge is 0.124 e. The second kappa shape index (κ2) is 5.10. The molecule has 0 aliphatic heterocycles. The summed E-state index contributed by atoms with van der Waals surface area (Å²) < 4.78 is 14.0. The van der Waals surface area contributed by atoms with E-state index in [0.717, 1.165) is 21.6 Å². The summed E-state index contributed by atoms with van der Waals surface area (Å²) in [7, 11) is 0. The Morgan fingerprint density at radius 3 is 2.82 bits per heavy atom. The third-order valence-corrected chi connectivity index (χ3v) is 3.94. The summed E-state index contributed by atoms with van der Waals surface area (Å²) in [5.74, 6) is 0.670. The average molecular weight is 252 g/mol. The van der Waals surface area contributed by atoms with Gasteiger partial charge in [-0.3, -0.25) is 0 Å². The third kappa shape index (κ3) is 2.82. The standard InChI is InChI=1S/C13H17FN2S/c1-8(2)5-9(7-15)13-16-11-4-3-10(14)6-12(11)17-13/h3-4,6,8-9H,5,7,15H2,1-2H3. The van der Waals surface area contributed by atoms with Crippen molar-refractivity contribution in [3.05, 3.63) is 29.0 Å². The maximum absolute atomic E-state index is 13.1. The van der Waals surface area contributed by atoms with Gasteiger partial charge in [-0.05, 0) is 30.5 Å². The molecule has 1 unspecified atom stereocenters. The van der Waals surface area contributed by atoms with Crippen molar-refractivity contribution in [3.63, 3.8) is 0 Å². The zero-order chi connectivity index (χ0) is 12.4. The van der Waals surface area contributed by atoms with Crippen molar-refractivity contribution in [2.45, 2.75) is 26.2 Å². The first-order chi connectivity index (χ1) is 8.10. The van der Waals surface area contributed by atoms with Crippen molar-refractivity contribution in [2.24, 2.45) is 11.7 Å². The quantitative estimate of drug-likeness (QED) is 0.904. The Bertz CT molecular complexity index is 507. The SMILES string of the molecule is CC(C)CC(CN)c1nc2ccc(F)cc2s1. The molecule has 0 saturated heterocycles. The second-order valence-electron chi connectivity index (χ2n) is 4.73. The number of benzene rings is 1. The van der Waals surface area contributed by atoms with Crippen LogP contribution in [0.15, 0.2) is 18.2 Å². The average Bonchev–Trinajstić information content (AvgIpc) is 2.68. The Labute approximate surface area is 105 Å². The van der Waals surface area contributed by atoms with E-state index >= 15 is 0 Å². The highest BCUT2D eigenvalue weighted by Crippen LogP contribution is 2.30. The van der Waals surface area contributed by atoms with Gasteiger partial charge in [0.05, 0.1) is 15.2 Å². The first-order valence-electron chi connectivity index (χ1n) is 5.86. The fourth-order valence-corrected chi connectivity index (χ4v) is 3.08. The first kappa shape index (κ1) is 12.5. The number of nitrogens with two attached hydrogens (primary N) is 1. The van der Waals surface area contributed by atoms with Crippen LogP contribution >= 0.6 is 11.3 Å². The largest absolute Gasteiger partial charge is 0.330 e. The molecule has 0 aliphatic rings. The molecule has 4 heteroatoms. The Morgan fingerprint density at radius 1 is 1.41 bits per heavy atom. The number of rotatable bonds is 4. The predicted octanol–water partition coefficient (Wildman–Crippen LogP) is 3.52. The van der Waals surface area contributed by atoms with Gasteiger partial charge in [0.15, 0.2) is 0 Å². The minimum atomic E-state index is -0.208. The van der Waals surface area contributed by atoms with Crippen molar-refractivity contribution in [3.8, 4) is 0 Å². The predicted molar refractivity (Wildman–Crippen MR) is 70.8 cm³/mol. The number of nitrogens with zero attached hydrogens (tertiary/aromatic N) is 1. The molecule has 0 fully saturated rings. The van der Waals surface area contributed by atoms with E-state index in [2.05, 4.69) is 18.8 Å². The molecule has 0 saturated carbocycles. The van der Waals surface area contributed by atoms with E-state index in [1.54, 1.807) is 23.5 Å². The monoisotopic (exact) mass is 252 g/mol. The molecule has 0 radical (unpaired) electrons. The molecule has 0 bridgehead atoms. The van der Waals surface area contributed by atoms with Gasteiger partial charge in [-0.15, -0.1) is 11.3 Å². The number of hydrogen-bond acceptors (Lipinski definition) is 3. The van der Waals surface area contributed by atoms with Gasteiger partial charge in [-0.1, -0.05) is 13.8 Å². The van der Waals surface area contributed by atoms with Crippen LogP contribution in [0.2, 0.25) is 0 Å². The molecule has 0 amide bonds. The highest BCUT2D eigenvalue weighted by Gasteiger charge is 2.16. The molecule has 0 spiro atoms. The van der Waals surface area contributed by atoms with Crippen LogP contribution in [0.5, 0.6) is 0 Å². The Balaban J connectivity index is 2.34. The minimum Gasteiger partial charge on any atom is -0.330 e. The van der Waals surface area contributed by atoms with Crippen LogP contribution in [-0.2, 0) is 0 Å². The highest BCUT2D eigenvalue weighted by atomic mass is 32.1. The number of fused-ring (bicyclic) bond motifs is 1. The van der Waals surface area contributed by atoms with Gasteiger partial charge in [0.25, 0.3) is 0 Å². The first-order valence-corrected chi connectivity index (χ1v) is 6.68. The lowest BCUT2D eigenvalue weighted by molar-refractivity contribution is 0.503. The summed E-state index contributed by atoms with van der Waals surface area (Å²) in [5.41, 5.74) is 6.67. The van der Waals surface area contributed by atoms with Crippen molar-refractivity contribution >= 4 is 21.6 Å². The molecule has 1 aromatic carbocycles. The van der Waals surface area contributed by atoms with E-state index in [1.807, 2.05) is 0 Å². The summed E-state index contributed by atoms with van der Waals surface area (Å²) in [5, 5.41) is 1.03. The molecule has 17 heavy (non-hydrogen) atoms. The summed E-state index contributed by atoms with van der Waals surface area (Å²) in [6.45, 7) is 4.95. The fourth-order valence-electron chi connectivity index (χ4n) is 1.96. The van der Waals surface area contributed by atoms with Crippen molar-refractivity contribution in [1.29, 1.82) is 0 Å². The van der Waals surface area contributed by atoms with E-state index in [4.69, 9.17) is 5.73 Å². The van der Waals surface area contributed by atoms with Gasteiger partial charge in [0, 0.05) is 12.5 Å². The summed E-state index contributed by atoms with van der Waals surface area (Å²) in [6, 6.07) is 4.72. The Kier molecular flexibility index (Phi) is 3.74. The Morgan fingerprint density at radius 2 is 2.18 bits per heavy atom. The Hall–Kier alpha value is -1.000. The molecule has 2 N–H and O–H groups in total. The molecular weight excluding hydrogens is 235 g/mol. The number of halogens is 1. The highest BCUT2D eigenvalue weighted by molar-refractivity contribution is 7.18. The minimum absolute atomic E-state index is 0.208. The molecular formula is C13H17FN2S. The van der Waals surface area contributed by atoms with Gasteiger partial charge < -0.3 is 5.73 Å². The van der Waals surface area contributed by atoms with Crippen LogP contribution in [0.3, 0.4) is 0 Å². The number of aromatic nitrogens is 1. The van der Waals surface area contributed by atoms with Gasteiger partial charge in [0.2, 0.25) is 0 Å². The molecule has 92 valence electrons. The number of hydrogen-bond donors (Lipinski definition) is 1. The van der Waals surface area contributed by atoms with E-state index < -0.39 is 0 Å². The molecule has 1 aromatic heterocycles. The summed E-state index contributed by atoms with van der Waals surface area (Å²) in [4.78, 5) is 4.55. The van der Waals surface area contributed by atoms with Crippen LogP contribution in [-0.4, -0.2) is 11.5 Å². The normalized spacial score (nSPS) is 13.5. The van der Waals surface area contributed by atoms with Crippen LogP contribution < -0.4 is 5.73 Å². The zero-order valence-electron chi connectivity index (χ0n) is 10.1. The third-order valence-electron chi connectivity index (χ3n) is 2.76. The van der Waals surface area contributed by atoms with E-state index in [-0.39, 0.29) is 11.7 Å². The van der Waals surface area contributed by atoms with Crippen molar-refractivity contribution in [1.82, 2.24) is 4.98 Å². The summed E-state index contributed by atoms with van der Waals surface area (Å²) >= 11 is 1.55. The van der Waals surface area contributed by atoms with E-state index in [9.17, 15) is 4.39 Å².